The highest BCUT2D eigenvalue weighted by Crippen LogP contribution is 2.29. The zero-order valence-electron chi connectivity index (χ0n) is 6.67. The number of rotatable bonds is 0. The summed E-state index contributed by atoms with van der Waals surface area (Å²) in [6, 6.07) is 7.17. The number of nitriles is 3. The molecular formula is C9HBr2N3. The summed E-state index contributed by atoms with van der Waals surface area (Å²) >= 11 is 6.30. The minimum atomic E-state index is 0.0938. The van der Waals surface area contributed by atoms with Gasteiger partial charge in [-0.25, -0.2) is 0 Å². The van der Waals surface area contributed by atoms with E-state index in [-0.39, 0.29) is 16.7 Å². The molecule has 0 unspecified atom stereocenters. The average Bonchev–Trinajstić information content (AvgIpc) is 2.16. The highest BCUT2D eigenvalue weighted by atomic mass is 79.9. The Balaban J connectivity index is 3.76. The van der Waals surface area contributed by atoms with Crippen LogP contribution in [0.3, 0.4) is 0 Å². The van der Waals surface area contributed by atoms with Crippen molar-refractivity contribution in [3.63, 3.8) is 0 Å². The Morgan fingerprint density at radius 3 is 1.43 bits per heavy atom. The molecule has 1 aromatic rings. The van der Waals surface area contributed by atoms with Crippen molar-refractivity contribution >= 4 is 31.9 Å². The van der Waals surface area contributed by atoms with Gasteiger partial charge in [0.05, 0.1) is 16.7 Å². The third-order valence-corrected chi connectivity index (χ3v) is 2.82. The predicted molar refractivity (Wildman–Crippen MR) is 56.0 cm³/mol. The molecule has 0 aliphatic rings. The molecule has 0 aromatic heterocycles. The molecule has 0 heterocycles. The van der Waals surface area contributed by atoms with E-state index in [0.717, 1.165) is 0 Å². The maximum atomic E-state index is 8.82. The van der Waals surface area contributed by atoms with Gasteiger partial charge in [-0.3, -0.25) is 0 Å². The molecular weight excluding hydrogens is 310 g/mol. The lowest BCUT2D eigenvalue weighted by atomic mass is 10.0. The zero-order chi connectivity index (χ0) is 10.7. The van der Waals surface area contributed by atoms with E-state index in [1.165, 1.54) is 0 Å². The molecule has 0 aliphatic carbocycles. The molecule has 0 aliphatic heterocycles. The van der Waals surface area contributed by atoms with Gasteiger partial charge < -0.3 is 0 Å². The molecule has 66 valence electrons. The summed E-state index contributed by atoms with van der Waals surface area (Å²) in [7, 11) is 0. The highest BCUT2D eigenvalue weighted by Gasteiger charge is 2.15. The van der Waals surface area contributed by atoms with Gasteiger partial charge in [0, 0.05) is 8.95 Å². The molecule has 0 saturated heterocycles. The van der Waals surface area contributed by atoms with Crippen LogP contribution in [0.15, 0.2) is 15.0 Å². The van der Waals surface area contributed by atoms with Crippen molar-refractivity contribution in [2.75, 3.05) is 0 Å². The second-order valence-corrected chi connectivity index (χ2v) is 4.01. The lowest BCUT2D eigenvalue weighted by molar-refractivity contribution is 1.36. The van der Waals surface area contributed by atoms with Gasteiger partial charge in [0.15, 0.2) is 0 Å². The molecule has 1 aromatic carbocycles. The summed E-state index contributed by atoms with van der Waals surface area (Å²) < 4.78 is 1.00. The van der Waals surface area contributed by atoms with Crippen LogP contribution < -0.4 is 0 Å². The summed E-state index contributed by atoms with van der Waals surface area (Å²) in [6.45, 7) is 0. The summed E-state index contributed by atoms with van der Waals surface area (Å²) in [5, 5.41) is 26.4. The number of halogens is 2. The SMILES string of the molecule is N#Cc1c(Br)cc(Br)c(C#N)c1C#N. The van der Waals surface area contributed by atoms with Crippen molar-refractivity contribution in [2.45, 2.75) is 0 Å². The second kappa shape index (κ2) is 4.24. The smallest absolute Gasteiger partial charge is 0.102 e. The van der Waals surface area contributed by atoms with Gasteiger partial charge in [-0.15, -0.1) is 0 Å². The Morgan fingerprint density at radius 2 is 1.14 bits per heavy atom. The molecule has 0 amide bonds. The molecule has 3 nitrogen and oxygen atoms in total. The topological polar surface area (TPSA) is 71.4 Å². The minimum Gasteiger partial charge on any atom is -0.192 e. The van der Waals surface area contributed by atoms with Crippen molar-refractivity contribution in [3.05, 3.63) is 31.7 Å². The fourth-order valence-corrected chi connectivity index (χ4v) is 2.29. The third-order valence-electron chi connectivity index (χ3n) is 1.57. The molecule has 0 N–H and O–H groups in total. The molecule has 0 atom stereocenters. The van der Waals surface area contributed by atoms with Crippen molar-refractivity contribution in [3.8, 4) is 18.2 Å². The van der Waals surface area contributed by atoms with Gasteiger partial charge in [-0.1, -0.05) is 0 Å². The van der Waals surface area contributed by atoms with Gasteiger partial charge in [0.2, 0.25) is 0 Å². The molecule has 1 rings (SSSR count). The minimum absolute atomic E-state index is 0.0938. The first-order valence-electron chi connectivity index (χ1n) is 3.38. The highest BCUT2D eigenvalue weighted by molar-refractivity contribution is 9.11. The third kappa shape index (κ3) is 1.63. The van der Waals surface area contributed by atoms with Crippen molar-refractivity contribution in [1.29, 1.82) is 15.8 Å². The van der Waals surface area contributed by atoms with Crippen molar-refractivity contribution in [2.24, 2.45) is 0 Å². The summed E-state index contributed by atoms with van der Waals surface area (Å²) in [5.41, 5.74) is 0.468. The summed E-state index contributed by atoms with van der Waals surface area (Å²) in [5.74, 6) is 0. The van der Waals surface area contributed by atoms with Crippen LogP contribution in [-0.4, -0.2) is 0 Å². The van der Waals surface area contributed by atoms with Crippen LogP contribution in [0.2, 0.25) is 0 Å². The average molecular weight is 311 g/mol. The van der Waals surface area contributed by atoms with Crippen LogP contribution in [0.25, 0.3) is 0 Å². The first kappa shape index (κ1) is 10.7. The monoisotopic (exact) mass is 309 g/mol. The molecule has 0 bridgehead atoms. The van der Waals surface area contributed by atoms with E-state index >= 15 is 0 Å². The largest absolute Gasteiger partial charge is 0.192 e. The Hall–Kier alpha value is -1.35. The van der Waals surface area contributed by atoms with E-state index in [9.17, 15) is 0 Å². The van der Waals surface area contributed by atoms with Crippen molar-refractivity contribution < 1.29 is 0 Å². The summed E-state index contributed by atoms with van der Waals surface area (Å²) in [4.78, 5) is 0. The van der Waals surface area contributed by atoms with Crippen LogP contribution >= 0.6 is 31.9 Å². The lowest BCUT2D eigenvalue weighted by Crippen LogP contribution is -1.92. The first-order chi connectivity index (χ1) is 6.65. The van der Waals surface area contributed by atoms with Gasteiger partial charge in [-0.2, -0.15) is 15.8 Å². The van der Waals surface area contributed by atoms with Gasteiger partial charge in [0.1, 0.15) is 18.2 Å². The van der Waals surface area contributed by atoms with E-state index in [1.807, 2.05) is 18.2 Å². The fraction of sp³-hybridized carbons (Fsp3) is 0. The van der Waals surface area contributed by atoms with Gasteiger partial charge in [0.25, 0.3) is 0 Å². The maximum absolute atomic E-state index is 8.82. The van der Waals surface area contributed by atoms with E-state index in [4.69, 9.17) is 15.8 Å². The molecule has 0 fully saturated rings. The van der Waals surface area contributed by atoms with Crippen LogP contribution in [-0.2, 0) is 0 Å². The van der Waals surface area contributed by atoms with Crippen LogP contribution in [0, 0.1) is 34.0 Å². The Morgan fingerprint density at radius 1 is 0.786 bits per heavy atom. The Labute approximate surface area is 97.4 Å². The normalized spacial score (nSPS) is 8.50. The number of hydrogen-bond acceptors (Lipinski definition) is 3. The lowest BCUT2D eigenvalue weighted by Gasteiger charge is -2.02. The molecule has 14 heavy (non-hydrogen) atoms. The quantitative estimate of drug-likeness (QED) is 0.739. The zero-order valence-corrected chi connectivity index (χ0v) is 9.85. The van der Waals surface area contributed by atoms with E-state index in [2.05, 4.69) is 31.9 Å². The van der Waals surface area contributed by atoms with Gasteiger partial charge >= 0.3 is 0 Å². The second-order valence-electron chi connectivity index (χ2n) is 2.30. The van der Waals surface area contributed by atoms with E-state index in [0.29, 0.717) is 8.95 Å². The van der Waals surface area contributed by atoms with Crippen molar-refractivity contribution in [1.82, 2.24) is 0 Å². The summed E-state index contributed by atoms with van der Waals surface area (Å²) in [6.07, 6.45) is 0. The van der Waals surface area contributed by atoms with Crippen LogP contribution in [0.1, 0.15) is 16.7 Å². The first-order valence-corrected chi connectivity index (χ1v) is 4.96. The molecule has 0 saturated carbocycles. The van der Waals surface area contributed by atoms with E-state index < -0.39 is 0 Å². The number of benzene rings is 1. The maximum Gasteiger partial charge on any atom is 0.102 e. The predicted octanol–water partition coefficient (Wildman–Crippen LogP) is 2.83. The molecule has 5 heteroatoms. The van der Waals surface area contributed by atoms with Crippen LogP contribution in [0.4, 0.5) is 0 Å². The Bertz CT molecular complexity index is 477. The van der Waals surface area contributed by atoms with E-state index in [1.54, 1.807) is 6.07 Å². The number of hydrogen-bond donors (Lipinski definition) is 0. The van der Waals surface area contributed by atoms with Crippen LogP contribution in [0.5, 0.6) is 0 Å². The van der Waals surface area contributed by atoms with Gasteiger partial charge in [-0.05, 0) is 37.9 Å². The standard InChI is InChI=1S/C9HBr2N3/c10-8-1-9(11)7(4-14)5(2-12)6(8)3-13/h1H. The Kier molecular flexibility index (Phi) is 3.25. The molecule has 0 radical (unpaired) electrons. The number of nitrogens with zero attached hydrogens (tertiary/aromatic N) is 3. The fourth-order valence-electron chi connectivity index (χ4n) is 0.950. The molecule has 0 spiro atoms.